The van der Waals surface area contributed by atoms with Gasteiger partial charge in [0.05, 0.1) is 22.1 Å². The van der Waals surface area contributed by atoms with E-state index in [0.29, 0.717) is 10.6 Å². The van der Waals surface area contributed by atoms with Crippen molar-refractivity contribution in [2.75, 3.05) is 0 Å². The van der Waals surface area contributed by atoms with Gasteiger partial charge in [0.1, 0.15) is 0 Å². The van der Waals surface area contributed by atoms with Crippen molar-refractivity contribution in [2.24, 2.45) is 0 Å². The summed E-state index contributed by atoms with van der Waals surface area (Å²) in [7, 11) is 0. The molecule has 0 aliphatic heterocycles. The van der Waals surface area contributed by atoms with Crippen molar-refractivity contribution in [2.45, 2.75) is 6.54 Å². The zero-order valence-electron chi connectivity index (χ0n) is 10.5. The van der Waals surface area contributed by atoms with E-state index in [1.54, 1.807) is 18.2 Å². The molecular weight excluding hydrogens is 364 g/mol. The lowest BCUT2D eigenvalue weighted by Crippen LogP contribution is -2.24. The van der Waals surface area contributed by atoms with Crippen LogP contribution in [-0.4, -0.2) is 15.3 Å². The third kappa shape index (κ3) is 3.56. The number of Topliss-reactive ketones (excluding diaryl/α,β-unsaturated/α-hetero) is 1. The van der Waals surface area contributed by atoms with Gasteiger partial charge in [-0.25, -0.2) is 0 Å². The number of carbonyl (C=O) groups is 1. The zero-order chi connectivity index (χ0) is 15.6. The van der Waals surface area contributed by atoms with Crippen molar-refractivity contribution in [3.05, 3.63) is 72.1 Å². The van der Waals surface area contributed by atoms with E-state index in [4.69, 9.17) is 11.6 Å². The number of pyridine rings is 1. The average molecular weight is 372 g/mol. The number of ketones is 1. The van der Waals surface area contributed by atoms with E-state index in [1.807, 2.05) is 0 Å². The number of aromatic nitrogens is 1. The van der Waals surface area contributed by atoms with Crippen molar-refractivity contribution in [1.82, 2.24) is 4.57 Å². The van der Waals surface area contributed by atoms with Crippen LogP contribution in [0.5, 0.6) is 0 Å². The Labute approximate surface area is 132 Å². The SMILES string of the molecule is O=C(Cn1cc([N+](=O)[O-])cc(Br)c1=O)c1cccc(Cl)c1. The Balaban J connectivity index is 2.37. The number of rotatable bonds is 4. The van der Waals surface area contributed by atoms with Gasteiger partial charge in [-0.15, -0.1) is 0 Å². The highest BCUT2D eigenvalue weighted by Crippen LogP contribution is 2.15. The quantitative estimate of drug-likeness (QED) is 0.470. The number of carbonyl (C=O) groups excluding carboxylic acids is 1. The van der Waals surface area contributed by atoms with E-state index < -0.39 is 10.5 Å². The highest BCUT2D eigenvalue weighted by Gasteiger charge is 2.15. The van der Waals surface area contributed by atoms with Gasteiger partial charge in [0.25, 0.3) is 11.2 Å². The van der Waals surface area contributed by atoms with Gasteiger partial charge in [-0.1, -0.05) is 23.7 Å². The predicted molar refractivity (Wildman–Crippen MR) is 80.8 cm³/mol. The molecule has 0 aliphatic rings. The van der Waals surface area contributed by atoms with Gasteiger partial charge < -0.3 is 0 Å². The van der Waals surface area contributed by atoms with Crippen LogP contribution >= 0.6 is 27.5 Å². The summed E-state index contributed by atoms with van der Waals surface area (Å²) in [6, 6.07) is 7.37. The molecule has 0 bridgehead atoms. The molecule has 0 unspecified atom stereocenters. The van der Waals surface area contributed by atoms with Gasteiger partial charge in [0.2, 0.25) is 0 Å². The van der Waals surface area contributed by atoms with E-state index in [2.05, 4.69) is 15.9 Å². The molecule has 2 aromatic rings. The fourth-order valence-electron chi connectivity index (χ4n) is 1.71. The maximum absolute atomic E-state index is 12.1. The molecule has 108 valence electrons. The Morgan fingerprint density at radius 3 is 2.71 bits per heavy atom. The molecule has 0 radical (unpaired) electrons. The van der Waals surface area contributed by atoms with Crippen LogP contribution in [-0.2, 0) is 6.54 Å². The number of hydrogen-bond acceptors (Lipinski definition) is 4. The van der Waals surface area contributed by atoms with Crippen molar-refractivity contribution in [3.8, 4) is 0 Å². The molecule has 1 aromatic heterocycles. The van der Waals surface area contributed by atoms with Crippen molar-refractivity contribution >= 4 is 39.0 Å². The van der Waals surface area contributed by atoms with Gasteiger partial charge in [0.15, 0.2) is 5.78 Å². The van der Waals surface area contributed by atoms with Crippen LogP contribution in [0.1, 0.15) is 10.4 Å². The highest BCUT2D eigenvalue weighted by atomic mass is 79.9. The third-order valence-corrected chi connectivity index (χ3v) is 3.50. The normalized spacial score (nSPS) is 10.4. The molecule has 0 N–H and O–H groups in total. The number of hydrogen-bond donors (Lipinski definition) is 0. The Morgan fingerprint density at radius 2 is 2.10 bits per heavy atom. The topological polar surface area (TPSA) is 82.2 Å². The summed E-state index contributed by atoms with van der Waals surface area (Å²) in [5.74, 6) is -0.369. The van der Waals surface area contributed by atoms with E-state index >= 15 is 0 Å². The standard InChI is InChI=1S/C13H8BrClN2O4/c14-11-5-10(17(20)21)6-16(13(11)19)7-12(18)8-2-1-3-9(15)4-8/h1-6H,7H2. The van der Waals surface area contributed by atoms with Crippen LogP contribution in [0.2, 0.25) is 5.02 Å². The van der Waals surface area contributed by atoms with Crippen LogP contribution in [0.4, 0.5) is 5.69 Å². The van der Waals surface area contributed by atoms with Crippen molar-refractivity contribution in [1.29, 1.82) is 0 Å². The number of benzene rings is 1. The molecule has 0 fully saturated rings. The maximum Gasteiger partial charge on any atom is 0.286 e. The monoisotopic (exact) mass is 370 g/mol. The number of nitro groups is 1. The van der Waals surface area contributed by atoms with Gasteiger partial charge >= 0.3 is 0 Å². The minimum Gasteiger partial charge on any atom is -0.300 e. The molecule has 1 heterocycles. The third-order valence-electron chi connectivity index (χ3n) is 2.70. The molecule has 8 heteroatoms. The van der Waals surface area contributed by atoms with Crippen molar-refractivity contribution < 1.29 is 9.72 Å². The minimum atomic E-state index is -0.634. The summed E-state index contributed by atoms with van der Waals surface area (Å²) in [6.07, 6.45) is 1.04. The molecule has 6 nitrogen and oxygen atoms in total. The van der Waals surface area contributed by atoms with E-state index in [-0.39, 0.29) is 22.5 Å². The lowest BCUT2D eigenvalue weighted by molar-refractivity contribution is -0.385. The Morgan fingerprint density at radius 1 is 1.38 bits per heavy atom. The highest BCUT2D eigenvalue weighted by molar-refractivity contribution is 9.10. The summed E-state index contributed by atoms with van der Waals surface area (Å²) < 4.78 is 1.02. The molecule has 0 amide bonds. The second-order valence-electron chi connectivity index (χ2n) is 4.17. The summed E-state index contributed by atoms with van der Waals surface area (Å²) in [5, 5.41) is 11.2. The second-order valence-corrected chi connectivity index (χ2v) is 5.46. The molecule has 0 atom stereocenters. The lowest BCUT2D eigenvalue weighted by atomic mass is 10.1. The minimum absolute atomic E-state index is 0.0237. The van der Waals surface area contributed by atoms with Crippen LogP contribution in [0.15, 0.2) is 45.8 Å². The van der Waals surface area contributed by atoms with Crippen LogP contribution in [0, 0.1) is 10.1 Å². The van der Waals surface area contributed by atoms with Gasteiger partial charge in [-0.2, -0.15) is 0 Å². The van der Waals surface area contributed by atoms with E-state index in [1.165, 1.54) is 6.07 Å². The number of nitrogens with zero attached hydrogens (tertiary/aromatic N) is 2. The summed E-state index contributed by atoms with van der Waals surface area (Å²) in [6.45, 7) is -0.306. The molecular formula is C13H8BrClN2O4. The van der Waals surface area contributed by atoms with Gasteiger partial charge in [-0.05, 0) is 28.1 Å². The molecule has 0 saturated heterocycles. The van der Waals surface area contributed by atoms with Crippen LogP contribution in [0.3, 0.4) is 0 Å². The summed E-state index contributed by atoms with van der Waals surface area (Å²) >= 11 is 8.75. The van der Waals surface area contributed by atoms with E-state index in [9.17, 15) is 19.7 Å². The first kappa shape index (κ1) is 15.4. The van der Waals surface area contributed by atoms with Crippen LogP contribution in [0.25, 0.3) is 0 Å². The average Bonchev–Trinajstić information content (AvgIpc) is 2.43. The van der Waals surface area contributed by atoms with Gasteiger partial charge in [-0.3, -0.25) is 24.3 Å². The smallest absolute Gasteiger partial charge is 0.286 e. The second kappa shape index (κ2) is 6.19. The number of halogens is 2. The first-order valence-corrected chi connectivity index (χ1v) is 6.88. The summed E-state index contributed by atoms with van der Waals surface area (Å²) in [4.78, 5) is 34.1. The van der Waals surface area contributed by atoms with Crippen LogP contribution < -0.4 is 5.56 Å². The molecule has 1 aromatic carbocycles. The fraction of sp³-hybridized carbons (Fsp3) is 0.0769. The lowest BCUT2D eigenvalue weighted by Gasteiger charge is -2.06. The zero-order valence-corrected chi connectivity index (χ0v) is 12.8. The summed E-state index contributed by atoms with van der Waals surface area (Å²) in [5.41, 5.74) is -0.464. The van der Waals surface area contributed by atoms with Crippen molar-refractivity contribution in [3.63, 3.8) is 0 Å². The molecule has 0 saturated carbocycles. The Hall–Kier alpha value is -1.99. The van der Waals surface area contributed by atoms with Gasteiger partial charge in [0, 0.05) is 16.7 Å². The molecule has 21 heavy (non-hydrogen) atoms. The predicted octanol–water partition coefficient (Wildman–Crippen LogP) is 3.06. The first-order chi connectivity index (χ1) is 9.88. The van der Waals surface area contributed by atoms with E-state index in [0.717, 1.165) is 16.8 Å². The first-order valence-electron chi connectivity index (χ1n) is 5.71. The molecule has 0 spiro atoms. The Kier molecular flexibility index (Phi) is 4.54. The molecule has 2 rings (SSSR count). The largest absolute Gasteiger partial charge is 0.300 e. The molecule has 0 aliphatic carbocycles. The Bertz CT molecular complexity index is 788. The fourth-order valence-corrected chi connectivity index (χ4v) is 2.36. The maximum atomic E-state index is 12.1.